The van der Waals surface area contributed by atoms with Crippen LogP contribution in [0.3, 0.4) is 0 Å². The Kier molecular flexibility index (Phi) is 2.69. The Morgan fingerprint density at radius 3 is 2.90 bits per heavy atom. The maximum Gasteiger partial charge on any atom is 0.124 e. The van der Waals surface area contributed by atoms with Crippen molar-refractivity contribution in [3.8, 4) is 27.6 Å². The molecule has 1 aliphatic carbocycles. The summed E-state index contributed by atoms with van der Waals surface area (Å²) >= 11 is 5.22. The summed E-state index contributed by atoms with van der Waals surface area (Å²) in [6.07, 6.45) is 0.945. The van der Waals surface area contributed by atoms with Crippen molar-refractivity contribution in [1.82, 2.24) is 4.98 Å². The molecule has 1 heterocycles. The van der Waals surface area contributed by atoms with E-state index in [0.29, 0.717) is 0 Å². The molecular formula is C16H10BrNOS. The topological polar surface area (TPSA) is 33.1 Å². The van der Waals surface area contributed by atoms with E-state index in [1.165, 1.54) is 16.0 Å². The summed E-state index contributed by atoms with van der Waals surface area (Å²) in [4.78, 5) is 6.07. The zero-order chi connectivity index (χ0) is 13.7. The number of hydrogen-bond donors (Lipinski definition) is 1. The minimum atomic E-state index is 0.280. The van der Waals surface area contributed by atoms with E-state index in [2.05, 4.69) is 34.1 Å². The third kappa shape index (κ3) is 1.87. The molecule has 0 amide bonds. The van der Waals surface area contributed by atoms with Gasteiger partial charge in [-0.05, 0) is 29.8 Å². The third-order valence-corrected chi connectivity index (χ3v) is 5.06. The molecule has 3 aromatic rings. The summed E-state index contributed by atoms with van der Waals surface area (Å²) in [6, 6.07) is 13.6. The Morgan fingerprint density at radius 2 is 2.05 bits per heavy atom. The summed E-state index contributed by atoms with van der Waals surface area (Å²) in [5.74, 6) is 0.280. The van der Waals surface area contributed by atoms with Crippen molar-refractivity contribution in [3.05, 3.63) is 57.4 Å². The number of fused-ring (bicyclic) bond motifs is 3. The number of halogens is 1. The zero-order valence-electron chi connectivity index (χ0n) is 10.4. The Hall–Kier alpha value is -1.65. The number of nitrogens with zero attached hydrogens (tertiary/aromatic N) is 1. The monoisotopic (exact) mass is 343 g/mol. The fraction of sp³-hybridized carbons (Fsp3) is 0.0625. The van der Waals surface area contributed by atoms with Gasteiger partial charge in [0.2, 0.25) is 0 Å². The lowest BCUT2D eigenvalue weighted by Crippen LogP contribution is -1.82. The van der Waals surface area contributed by atoms with Gasteiger partial charge in [-0.2, -0.15) is 0 Å². The van der Waals surface area contributed by atoms with E-state index in [9.17, 15) is 5.11 Å². The number of phenols is 1. The van der Waals surface area contributed by atoms with Crippen molar-refractivity contribution in [2.24, 2.45) is 0 Å². The van der Waals surface area contributed by atoms with Crippen LogP contribution in [0.2, 0.25) is 0 Å². The van der Waals surface area contributed by atoms with Gasteiger partial charge in [0, 0.05) is 26.9 Å². The van der Waals surface area contributed by atoms with E-state index in [4.69, 9.17) is 4.98 Å². The molecule has 4 rings (SSSR count). The van der Waals surface area contributed by atoms with Gasteiger partial charge in [0.15, 0.2) is 0 Å². The fourth-order valence-electron chi connectivity index (χ4n) is 2.56. The minimum Gasteiger partial charge on any atom is -0.508 e. The lowest BCUT2D eigenvalue weighted by Gasteiger charge is -2.01. The van der Waals surface area contributed by atoms with Crippen LogP contribution in [0.5, 0.6) is 5.75 Å². The summed E-state index contributed by atoms with van der Waals surface area (Å²) in [5.41, 5.74) is 4.63. The number of rotatable bonds is 1. The van der Waals surface area contributed by atoms with Gasteiger partial charge < -0.3 is 5.11 Å². The predicted molar refractivity (Wildman–Crippen MR) is 85.2 cm³/mol. The molecule has 0 bridgehead atoms. The smallest absolute Gasteiger partial charge is 0.124 e. The van der Waals surface area contributed by atoms with Crippen molar-refractivity contribution in [3.63, 3.8) is 0 Å². The average molecular weight is 344 g/mol. The lowest BCUT2D eigenvalue weighted by atomic mass is 10.1. The quantitative estimate of drug-likeness (QED) is 0.535. The molecule has 20 heavy (non-hydrogen) atoms. The van der Waals surface area contributed by atoms with Crippen molar-refractivity contribution >= 4 is 27.3 Å². The maximum absolute atomic E-state index is 9.58. The van der Waals surface area contributed by atoms with Gasteiger partial charge in [-0.25, -0.2) is 4.98 Å². The van der Waals surface area contributed by atoms with E-state index in [0.717, 1.165) is 27.2 Å². The van der Waals surface area contributed by atoms with E-state index < -0.39 is 0 Å². The molecule has 0 aliphatic heterocycles. The molecule has 2 aromatic carbocycles. The normalized spacial score (nSPS) is 12.2. The highest BCUT2D eigenvalue weighted by atomic mass is 79.9. The second kappa shape index (κ2) is 4.43. The van der Waals surface area contributed by atoms with E-state index in [1.807, 2.05) is 12.1 Å². The molecule has 1 N–H and O–H groups in total. The molecular weight excluding hydrogens is 334 g/mol. The van der Waals surface area contributed by atoms with Crippen LogP contribution in [0, 0.1) is 0 Å². The minimum absolute atomic E-state index is 0.280. The van der Waals surface area contributed by atoms with Crippen LogP contribution in [0.1, 0.15) is 10.4 Å². The summed E-state index contributed by atoms with van der Waals surface area (Å²) < 4.78 is 1.11. The van der Waals surface area contributed by atoms with E-state index >= 15 is 0 Å². The van der Waals surface area contributed by atoms with Gasteiger partial charge in [-0.15, -0.1) is 11.3 Å². The largest absolute Gasteiger partial charge is 0.508 e. The van der Waals surface area contributed by atoms with Gasteiger partial charge in [0.25, 0.3) is 0 Å². The Labute approximate surface area is 128 Å². The van der Waals surface area contributed by atoms with Crippen LogP contribution in [0.4, 0.5) is 0 Å². The Morgan fingerprint density at radius 1 is 1.15 bits per heavy atom. The van der Waals surface area contributed by atoms with Crippen molar-refractivity contribution < 1.29 is 5.11 Å². The van der Waals surface area contributed by atoms with Crippen LogP contribution < -0.4 is 0 Å². The highest BCUT2D eigenvalue weighted by molar-refractivity contribution is 9.10. The molecule has 0 unspecified atom stereocenters. The molecule has 1 aliphatic rings. The number of benzene rings is 2. The second-order valence-corrected chi connectivity index (χ2v) is 6.82. The van der Waals surface area contributed by atoms with Gasteiger partial charge in [-0.3, -0.25) is 0 Å². The first kappa shape index (κ1) is 12.1. The van der Waals surface area contributed by atoms with Crippen LogP contribution in [0.15, 0.2) is 46.9 Å². The Bertz CT molecular complexity index is 825. The molecule has 0 spiro atoms. The van der Waals surface area contributed by atoms with Crippen LogP contribution in [-0.2, 0) is 6.42 Å². The van der Waals surface area contributed by atoms with Crippen molar-refractivity contribution in [2.75, 3.05) is 0 Å². The molecule has 0 saturated carbocycles. The molecule has 0 radical (unpaired) electrons. The van der Waals surface area contributed by atoms with Gasteiger partial charge in [0.05, 0.1) is 5.69 Å². The molecule has 4 heteroatoms. The van der Waals surface area contributed by atoms with Crippen LogP contribution in [-0.4, -0.2) is 10.1 Å². The molecule has 1 aromatic heterocycles. The molecule has 0 saturated heterocycles. The van der Waals surface area contributed by atoms with Gasteiger partial charge in [0.1, 0.15) is 10.8 Å². The highest BCUT2D eigenvalue weighted by Crippen LogP contribution is 2.43. The number of aromatic nitrogens is 1. The number of thiazole rings is 1. The molecule has 0 atom stereocenters. The SMILES string of the molecule is Oc1cccc(-c2nc3c(s2)Cc2cc(Br)ccc2-3)c1. The average Bonchev–Trinajstić information content (AvgIpc) is 2.95. The highest BCUT2D eigenvalue weighted by Gasteiger charge is 2.23. The molecule has 0 fully saturated rings. The Balaban J connectivity index is 1.83. The first-order valence-corrected chi connectivity index (χ1v) is 7.89. The van der Waals surface area contributed by atoms with Crippen LogP contribution in [0.25, 0.3) is 21.8 Å². The summed E-state index contributed by atoms with van der Waals surface area (Å²) in [6.45, 7) is 0. The third-order valence-electron chi connectivity index (χ3n) is 3.46. The molecule has 98 valence electrons. The number of hydrogen-bond acceptors (Lipinski definition) is 3. The van der Waals surface area contributed by atoms with Gasteiger partial charge in [-0.1, -0.05) is 34.1 Å². The fourth-order valence-corrected chi connectivity index (χ4v) is 4.06. The molecule has 2 nitrogen and oxygen atoms in total. The number of aromatic hydroxyl groups is 1. The van der Waals surface area contributed by atoms with E-state index in [1.54, 1.807) is 23.5 Å². The first-order chi connectivity index (χ1) is 9.70. The second-order valence-electron chi connectivity index (χ2n) is 4.82. The maximum atomic E-state index is 9.58. The standard InChI is InChI=1S/C16H10BrNOS/c17-11-4-5-13-10(6-11)8-14-15(13)18-16(20-14)9-2-1-3-12(19)7-9/h1-7,19H,8H2. The van der Waals surface area contributed by atoms with Crippen LogP contribution >= 0.6 is 27.3 Å². The van der Waals surface area contributed by atoms with E-state index in [-0.39, 0.29) is 5.75 Å². The number of phenolic OH excluding ortho intramolecular Hbond substituents is 1. The zero-order valence-corrected chi connectivity index (χ0v) is 12.8. The van der Waals surface area contributed by atoms with Crippen molar-refractivity contribution in [1.29, 1.82) is 0 Å². The van der Waals surface area contributed by atoms with Crippen molar-refractivity contribution in [2.45, 2.75) is 6.42 Å². The first-order valence-electron chi connectivity index (χ1n) is 6.28. The summed E-state index contributed by atoms with van der Waals surface area (Å²) in [5, 5.41) is 10.6. The predicted octanol–water partition coefficient (Wildman–Crippen LogP) is 4.85. The summed E-state index contributed by atoms with van der Waals surface area (Å²) in [7, 11) is 0. The lowest BCUT2D eigenvalue weighted by molar-refractivity contribution is 0.475. The van der Waals surface area contributed by atoms with Gasteiger partial charge >= 0.3 is 0 Å².